The molecule has 1 aliphatic rings. The van der Waals surface area contributed by atoms with E-state index in [1.165, 1.54) is 6.07 Å². The minimum absolute atomic E-state index is 0.0400. The summed E-state index contributed by atoms with van der Waals surface area (Å²) in [7, 11) is 1.56. The summed E-state index contributed by atoms with van der Waals surface area (Å²) >= 11 is 0. The second kappa shape index (κ2) is 8.18. The molecule has 24 heavy (non-hydrogen) atoms. The first kappa shape index (κ1) is 18.3. The topological polar surface area (TPSA) is 66.5 Å². The summed E-state index contributed by atoms with van der Waals surface area (Å²) in [6, 6.07) is 2.22. The maximum absolute atomic E-state index is 12.5. The number of aromatic nitrogens is 1. The van der Waals surface area contributed by atoms with Crippen LogP contribution < -0.4 is 15.5 Å². The van der Waals surface area contributed by atoms with Crippen LogP contribution in [0, 0.1) is 0 Å². The van der Waals surface area contributed by atoms with Gasteiger partial charge in [0.05, 0.1) is 12.2 Å². The van der Waals surface area contributed by atoms with E-state index in [2.05, 4.69) is 15.6 Å². The zero-order chi connectivity index (χ0) is 17.6. The van der Waals surface area contributed by atoms with Crippen LogP contribution in [0.4, 0.5) is 23.8 Å². The van der Waals surface area contributed by atoms with Crippen molar-refractivity contribution in [1.29, 1.82) is 0 Å². The van der Waals surface area contributed by atoms with Crippen LogP contribution in [-0.4, -0.2) is 50.4 Å². The molecule has 134 valence electrons. The van der Waals surface area contributed by atoms with Gasteiger partial charge in [-0.15, -0.1) is 0 Å². The van der Waals surface area contributed by atoms with Gasteiger partial charge < -0.3 is 20.3 Å². The molecule has 2 rings (SSSR count). The van der Waals surface area contributed by atoms with Gasteiger partial charge in [-0.05, 0) is 25.0 Å². The molecule has 1 aromatic rings. The van der Waals surface area contributed by atoms with Gasteiger partial charge in [0.1, 0.15) is 5.82 Å². The van der Waals surface area contributed by atoms with E-state index in [9.17, 15) is 18.0 Å². The third kappa shape index (κ3) is 5.26. The van der Waals surface area contributed by atoms with Gasteiger partial charge >= 0.3 is 12.2 Å². The molecule has 1 saturated heterocycles. The highest BCUT2D eigenvalue weighted by Crippen LogP contribution is 2.29. The molecule has 0 saturated carbocycles. The van der Waals surface area contributed by atoms with Gasteiger partial charge in [0.25, 0.3) is 0 Å². The molecule has 0 spiro atoms. The number of alkyl halides is 3. The van der Waals surface area contributed by atoms with Crippen molar-refractivity contribution in [2.24, 2.45) is 0 Å². The summed E-state index contributed by atoms with van der Waals surface area (Å²) in [6.07, 6.45) is -2.11. The summed E-state index contributed by atoms with van der Waals surface area (Å²) in [6.45, 7) is 2.14. The normalized spacial score (nSPS) is 16.1. The number of carbonyl (C=O) groups excluding carboxylic acids is 1. The number of rotatable bonds is 5. The van der Waals surface area contributed by atoms with Crippen LogP contribution in [0.15, 0.2) is 18.3 Å². The molecule has 0 bridgehead atoms. The maximum Gasteiger partial charge on any atom is 0.417 e. The monoisotopic (exact) mass is 346 g/mol. The average molecular weight is 346 g/mol. The largest absolute Gasteiger partial charge is 0.417 e. The summed E-state index contributed by atoms with van der Waals surface area (Å²) in [5, 5.41) is 5.56. The predicted molar refractivity (Wildman–Crippen MR) is 82.9 cm³/mol. The van der Waals surface area contributed by atoms with Crippen LogP contribution in [0.3, 0.4) is 0 Å². The Hall–Kier alpha value is -2.03. The minimum Gasteiger partial charge on any atom is -0.383 e. The summed E-state index contributed by atoms with van der Waals surface area (Å²) in [4.78, 5) is 17.5. The van der Waals surface area contributed by atoms with Crippen LogP contribution in [-0.2, 0) is 10.9 Å². The molecule has 9 heteroatoms. The summed E-state index contributed by atoms with van der Waals surface area (Å²) < 4.78 is 42.5. The Kier molecular flexibility index (Phi) is 6.24. The molecular formula is C15H21F3N4O2. The van der Waals surface area contributed by atoms with Crippen LogP contribution in [0.5, 0.6) is 0 Å². The van der Waals surface area contributed by atoms with Gasteiger partial charge in [-0.3, -0.25) is 0 Å². The number of hydrogen-bond acceptors (Lipinski definition) is 4. The number of carbonyl (C=O) groups is 1. The number of amides is 2. The standard InChI is InChI=1S/C15H21F3N4O2/c1-24-9-6-19-14(23)21-12-4-7-22(8-5-12)13-3-2-11(10-20-13)15(16,17)18/h2-3,10,12H,4-9H2,1H3,(H2,19,21,23). The second-order valence-electron chi connectivity index (χ2n) is 5.56. The molecule has 1 aliphatic heterocycles. The molecule has 1 fully saturated rings. The lowest BCUT2D eigenvalue weighted by atomic mass is 10.1. The molecule has 2 amide bonds. The number of methoxy groups -OCH3 is 1. The molecule has 1 aromatic heterocycles. The Labute approximate surface area is 138 Å². The lowest BCUT2D eigenvalue weighted by molar-refractivity contribution is -0.137. The number of nitrogens with one attached hydrogen (secondary N) is 2. The van der Waals surface area contributed by atoms with Gasteiger partial charge in [0, 0.05) is 39.0 Å². The maximum atomic E-state index is 12.5. The highest BCUT2D eigenvalue weighted by molar-refractivity contribution is 5.74. The van der Waals surface area contributed by atoms with Crippen molar-refractivity contribution in [2.45, 2.75) is 25.1 Å². The van der Waals surface area contributed by atoms with Crippen molar-refractivity contribution >= 4 is 11.8 Å². The predicted octanol–water partition coefficient (Wildman–Crippen LogP) is 2.01. The minimum atomic E-state index is -4.38. The number of hydrogen-bond donors (Lipinski definition) is 2. The van der Waals surface area contributed by atoms with Crippen molar-refractivity contribution in [3.05, 3.63) is 23.9 Å². The molecule has 0 atom stereocenters. The van der Waals surface area contributed by atoms with E-state index < -0.39 is 11.7 Å². The number of anilines is 1. The number of nitrogens with zero attached hydrogens (tertiary/aromatic N) is 2. The zero-order valence-corrected chi connectivity index (χ0v) is 13.4. The smallest absolute Gasteiger partial charge is 0.383 e. The van der Waals surface area contributed by atoms with Crippen LogP contribution in [0.2, 0.25) is 0 Å². The van der Waals surface area contributed by atoms with Gasteiger partial charge in [-0.25, -0.2) is 9.78 Å². The Morgan fingerprint density at radius 2 is 2.08 bits per heavy atom. The van der Waals surface area contributed by atoms with Crippen LogP contribution in [0.1, 0.15) is 18.4 Å². The highest BCUT2D eigenvalue weighted by atomic mass is 19.4. The first-order valence-electron chi connectivity index (χ1n) is 7.71. The van der Waals surface area contributed by atoms with Crippen LogP contribution >= 0.6 is 0 Å². The average Bonchev–Trinajstić information content (AvgIpc) is 2.55. The summed E-state index contributed by atoms with van der Waals surface area (Å²) in [5.74, 6) is 0.519. The van der Waals surface area contributed by atoms with E-state index in [-0.39, 0.29) is 12.1 Å². The molecule has 0 radical (unpaired) electrons. The van der Waals surface area contributed by atoms with Crippen molar-refractivity contribution in [1.82, 2.24) is 15.6 Å². The van der Waals surface area contributed by atoms with E-state index >= 15 is 0 Å². The van der Waals surface area contributed by atoms with Gasteiger partial charge in [0.15, 0.2) is 0 Å². The summed E-state index contributed by atoms with van der Waals surface area (Å²) in [5.41, 5.74) is -0.754. The highest BCUT2D eigenvalue weighted by Gasteiger charge is 2.31. The van der Waals surface area contributed by atoms with Crippen molar-refractivity contribution < 1.29 is 22.7 Å². The Morgan fingerprint density at radius 1 is 1.38 bits per heavy atom. The van der Waals surface area contributed by atoms with Gasteiger partial charge in [-0.2, -0.15) is 13.2 Å². The number of ether oxygens (including phenoxy) is 1. The second-order valence-corrected chi connectivity index (χ2v) is 5.56. The molecule has 0 unspecified atom stereocenters. The SMILES string of the molecule is COCCNC(=O)NC1CCN(c2ccc(C(F)(F)F)cn2)CC1. The van der Waals surface area contributed by atoms with E-state index in [1.54, 1.807) is 7.11 Å². The van der Waals surface area contributed by atoms with Crippen molar-refractivity contribution in [3.63, 3.8) is 0 Å². The van der Waals surface area contributed by atoms with E-state index in [4.69, 9.17) is 4.74 Å². The lowest BCUT2D eigenvalue weighted by Crippen LogP contribution is -2.48. The zero-order valence-electron chi connectivity index (χ0n) is 13.4. The third-order valence-electron chi connectivity index (χ3n) is 3.82. The van der Waals surface area contributed by atoms with E-state index in [1.807, 2.05) is 4.90 Å². The lowest BCUT2D eigenvalue weighted by Gasteiger charge is -2.33. The fraction of sp³-hybridized carbons (Fsp3) is 0.600. The number of urea groups is 1. The Morgan fingerprint density at radius 3 is 2.62 bits per heavy atom. The fourth-order valence-corrected chi connectivity index (χ4v) is 2.50. The number of piperidine rings is 1. The van der Waals surface area contributed by atoms with Crippen molar-refractivity contribution in [2.75, 3.05) is 38.3 Å². The number of pyridine rings is 1. The number of halogens is 3. The van der Waals surface area contributed by atoms with Crippen molar-refractivity contribution in [3.8, 4) is 0 Å². The fourth-order valence-electron chi connectivity index (χ4n) is 2.50. The Bertz CT molecular complexity index is 529. The molecular weight excluding hydrogens is 325 g/mol. The third-order valence-corrected chi connectivity index (χ3v) is 3.82. The quantitative estimate of drug-likeness (QED) is 0.801. The first-order chi connectivity index (χ1) is 11.4. The molecule has 0 aromatic carbocycles. The Balaban J connectivity index is 1.79. The van der Waals surface area contributed by atoms with E-state index in [0.717, 1.165) is 12.3 Å². The molecule has 0 aliphatic carbocycles. The molecule has 6 nitrogen and oxygen atoms in total. The van der Waals surface area contributed by atoms with Gasteiger partial charge in [0.2, 0.25) is 0 Å². The molecule has 2 heterocycles. The van der Waals surface area contributed by atoms with Crippen LogP contribution in [0.25, 0.3) is 0 Å². The molecule has 2 N–H and O–H groups in total. The first-order valence-corrected chi connectivity index (χ1v) is 7.71. The van der Waals surface area contributed by atoms with E-state index in [0.29, 0.717) is 44.9 Å². The van der Waals surface area contributed by atoms with Gasteiger partial charge in [-0.1, -0.05) is 0 Å².